The van der Waals surface area contributed by atoms with E-state index < -0.39 is 0 Å². The Labute approximate surface area is 370 Å². The lowest BCUT2D eigenvalue weighted by molar-refractivity contribution is 1.18. The van der Waals surface area contributed by atoms with Gasteiger partial charge in [-0.2, -0.15) is 0 Å². The summed E-state index contributed by atoms with van der Waals surface area (Å²) in [7, 11) is 0. The van der Waals surface area contributed by atoms with Crippen molar-refractivity contribution in [1.29, 1.82) is 0 Å². The lowest BCUT2D eigenvalue weighted by Crippen LogP contribution is -1.94. The maximum Gasteiger partial charge on any atom is 0.0620 e. The highest BCUT2D eigenvalue weighted by Crippen LogP contribution is 2.43. The molecule has 0 bridgehead atoms. The van der Waals surface area contributed by atoms with E-state index in [0.29, 0.717) is 0 Å². The molecular formula is C60H35N3S. The van der Waals surface area contributed by atoms with Crippen LogP contribution in [0.15, 0.2) is 212 Å². The van der Waals surface area contributed by atoms with Crippen LogP contribution in [0.2, 0.25) is 0 Å². The molecule has 0 atom stereocenters. The predicted octanol–water partition coefficient (Wildman–Crippen LogP) is 16.7. The van der Waals surface area contributed by atoms with Crippen LogP contribution < -0.4 is 0 Å². The van der Waals surface area contributed by atoms with Gasteiger partial charge in [-0.3, -0.25) is 0 Å². The molecule has 4 heteroatoms. The Morgan fingerprint density at radius 3 is 1.30 bits per heavy atom. The van der Waals surface area contributed by atoms with E-state index >= 15 is 0 Å². The molecule has 0 radical (unpaired) electrons. The SMILES string of the molecule is c1ccc(-n2c3ccccc3c3cc(-c4ccc5c(c4)sc4cc(-c6ccc7c(c6)c6ccccc6n7-c6ccc7c8cccc9c%10ccccc%10n(c7c6)c98)ccc45)ccc32)cc1. The van der Waals surface area contributed by atoms with Crippen molar-refractivity contribution in [2.45, 2.75) is 0 Å². The third kappa shape index (κ3) is 4.64. The van der Waals surface area contributed by atoms with Gasteiger partial charge in [0.1, 0.15) is 0 Å². The van der Waals surface area contributed by atoms with Gasteiger partial charge in [-0.15, -0.1) is 11.3 Å². The van der Waals surface area contributed by atoms with Gasteiger partial charge in [-0.1, -0.05) is 133 Å². The van der Waals surface area contributed by atoms with E-state index in [1.165, 1.54) is 136 Å². The maximum atomic E-state index is 2.47. The molecule has 0 aliphatic heterocycles. The summed E-state index contributed by atoms with van der Waals surface area (Å²) in [4.78, 5) is 0. The molecule has 15 aromatic rings. The van der Waals surface area contributed by atoms with Crippen molar-refractivity contribution >= 4 is 113 Å². The van der Waals surface area contributed by atoms with Gasteiger partial charge in [0.2, 0.25) is 0 Å². The fourth-order valence-electron chi connectivity index (χ4n) is 11.1. The summed E-state index contributed by atoms with van der Waals surface area (Å²) in [5.41, 5.74) is 15.9. The first kappa shape index (κ1) is 34.4. The van der Waals surface area contributed by atoms with Crippen LogP contribution in [-0.2, 0) is 0 Å². The first-order chi connectivity index (χ1) is 31.7. The average Bonchev–Trinajstić information content (AvgIpc) is 4.15. The highest BCUT2D eigenvalue weighted by molar-refractivity contribution is 7.25. The van der Waals surface area contributed by atoms with Gasteiger partial charge in [0, 0.05) is 74.6 Å². The fraction of sp³-hybridized carbons (Fsp3) is 0. The molecular weight excluding hydrogens is 795 g/mol. The molecule has 0 N–H and O–H groups in total. The smallest absolute Gasteiger partial charge is 0.0620 e. The number of nitrogens with zero attached hydrogens (tertiary/aromatic N) is 3. The van der Waals surface area contributed by atoms with E-state index in [-0.39, 0.29) is 0 Å². The number of hydrogen-bond donors (Lipinski definition) is 0. The fourth-order valence-corrected chi connectivity index (χ4v) is 12.3. The third-order valence-electron chi connectivity index (χ3n) is 14.0. The van der Waals surface area contributed by atoms with Gasteiger partial charge in [0.05, 0.1) is 38.6 Å². The highest BCUT2D eigenvalue weighted by atomic mass is 32.1. The average molecular weight is 830 g/mol. The van der Waals surface area contributed by atoms with Crippen LogP contribution in [0.1, 0.15) is 0 Å². The van der Waals surface area contributed by atoms with E-state index in [1.807, 2.05) is 11.3 Å². The molecule has 5 aromatic heterocycles. The topological polar surface area (TPSA) is 14.3 Å². The van der Waals surface area contributed by atoms with Crippen LogP contribution in [0.25, 0.3) is 136 Å². The summed E-state index contributed by atoms with van der Waals surface area (Å²) in [5, 5.41) is 12.9. The standard InChI is InChI=1S/C60H35N3S/c1-2-11-40(12-3-1)61-52-18-7-5-14-43(52)50-31-36(23-29-55(50)61)38-21-26-46-47-27-22-39(34-59(47)64-58(46)33-38)37-24-30-56-51(32-37)44-15-6-8-19-53(44)62(56)41-25-28-45-49-17-10-16-48-42-13-4-9-20-54(42)63(60(48)49)57(45)35-41/h1-35H. The third-order valence-corrected chi connectivity index (χ3v) is 15.1. The summed E-state index contributed by atoms with van der Waals surface area (Å²) in [6.45, 7) is 0. The van der Waals surface area contributed by atoms with Crippen LogP contribution in [0, 0.1) is 0 Å². The molecule has 0 saturated carbocycles. The van der Waals surface area contributed by atoms with Crippen molar-refractivity contribution in [3.8, 4) is 33.6 Å². The minimum Gasteiger partial charge on any atom is -0.309 e. The number of hydrogen-bond acceptors (Lipinski definition) is 1. The highest BCUT2D eigenvalue weighted by Gasteiger charge is 2.20. The zero-order valence-electron chi connectivity index (χ0n) is 34.5. The van der Waals surface area contributed by atoms with E-state index in [4.69, 9.17) is 0 Å². The van der Waals surface area contributed by atoms with Crippen molar-refractivity contribution < 1.29 is 0 Å². The number of aromatic nitrogens is 3. The summed E-state index contributed by atoms with van der Waals surface area (Å²) < 4.78 is 9.92. The summed E-state index contributed by atoms with van der Waals surface area (Å²) >= 11 is 1.89. The van der Waals surface area contributed by atoms with Gasteiger partial charge in [-0.25, -0.2) is 0 Å². The lowest BCUT2D eigenvalue weighted by atomic mass is 10.00. The van der Waals surface area contributed by atoms with Crippen molar-refractivity contribution in [1.82, 2.24) is 13.5 Å². The molecule has 0 amide bonds. The van der Waals surface area contributed by atoms with Crippen molar-refractivity contribution in [2.75, 3.05) is 0 Å². The number of benzene rings is 10. The number of rotatable bonds is 4. The van der Waals surface area contributed by atoms with E-state index in [9.17, 15) is 0 Å². The summed E-state index contributed by atoms with van der Waals surface area (Å²) in [6, 6.07) is 78.9. The van der Waals surface area contributed by atoms with Crippen molar-refractivity contribution in [2.24, 2.45) is 0 Å². The molecule has 0 unspecified atom stereocenters. The molecule has 0 aliphatic carbocycles. The lowest BCUT2D eigenvalue weighted by Gasteiger charge is -2.09. The van der Waals surface area contributed by atoms with E-state index in [0.717, 1.165) is 0 Å². The number of fused-ring (bicyclic) bond motifs is 15. The first-order valence-corrected chi connectivity index (χ1v) is 22.8. The second kappa shape index (κ2) is 12.7. The number of thiophene rings is 1. The molecule has 3 nitrogen and oxygen atoms in total. The van der Waals surface area contributed by atoms with Crippen LogP contribution >= 0.6 is 11.3 Å². The van der Waals surface area contributed by atoms with Crippen LogP contribution in [0.3, 0.4) is 0 Å². The van der Waals surface area contributed by atoms with Gasteiger partial charge in [-0.05, 0) is 101 Å². The van der Waals surface area contributed by atoms with Gasteiger partial charge in [0.25, 0.3) is 0 Å². The van der Waals surface area contributed by atoms with Crippen LogP contribution in [0.5, 0.6) is 0 Å². The molecule has 0 saturated heterocycles. The number of para-hydroxylation sites is 5. The molecule has 10 aromatic carbocycles. The van der Waals surface area contributed by atoms with Crippen LogP contribution in [-0.4, -0.2) is 13.5 Å². The first-order valence-electron chi connectivity index (χ1n) is 22.0. The molecule has 296 valence electrons. The van der Waals surface area contributed by atoms with Crippen molar-refractivity contribution in [3.63, 3.8) is 0 Å². The molecule has 15 rings (SSSR count). The Balaban J connectivity index is 0.833. The Morgan fingerprint density at radius 2 is 0.688 bits per heavy atom. The molecule has 0 aliphatic rings. The Bertz CT molecular complexity index is 4420. The maximum absolute atomic E-state index is 2.47. The Hall–Kier alpha value is -8.18. The van der Waals surface area contributed by atoms with E-state index in [1.54, 1.807) is 0 Å². The van der Waals surface area contributed by atoms with Gasteiger partial charge >= 0.3 is 0 Å². The van der Waals surface area contributed by atoms with Gasteiger partial charge in [0.15, 0.2) is 0 Å². The molecule has 64 heavy (non-hydrogen) atoms. The van der Waals surface area contributed by atoms with E-state index in [2.05, 4.69) is 226 Å². The van der Waals surface area contributed by atoms with Crippen LogP contribution in [0.4, 0.5) is 0 Å². The summed E-state index contributed by atoms with van der Waals surface area (Å²) in [5.74, 6) is 0. The zero-order chi connectivity index (χ0) is 41.6. The Morgan fingerprint density at radius 1 is 0.250 bits per heavy atom. The predicted molar refractivity (Wildman–Crippen MR) is 274 cm³/mol. The van der Waals surface area contributed by atoms with Gasteiger partial charge < -0.3 is 13.5 Å². The second-order valence-corrected chi connectivity index (χ2v) is 18.4. The summed E-state index contributed by atoms with van der Waals surface area (Å²) in [6.07, 6.45) is 0. The second-order valence-electron chi connectivity index (χ2n) is 17.3. The Kier molecular flexibility index (Phi) is 6.83. The quantitative estimate of drug-likeness (QED) is 0.168. The van der Waals surface area contributed by atoms with Crippen molar-refractivity contribution in [3.05, 3.63) is 212 Å². The normalized spacial score (nSPS) is 12.4. The minimum atomic E-state index is 1.17. The largest absolute Gasteiger partial charge is 0.309 e. The zero-order valence-corrected chi connectivity index (χ0v) is 35.3. The molecule has 5 heterocycles. The molecule has 0 spiro atoms. The minimum absolute atomic E-state index is 1.17. The monoisotopic (exact) mass is 829 g/mol. The molecule has 0 fully saturated rings.